The second-order valence-corrected chi connectivity index (χ2v) is 5.22. The first-order valence-electron chi connectivity index (χ1n) is 8.09. The number of rotatable bonds is 6. The minimum atomic E-state index is -0.404. The van der Waals surface area contributed by atoms with Gasteiger partial charge in [0.2, 0.25) is 5.75 Å². The molecular weight excluding hydrogens is 348 g/mol. The van der Waals surface area contributed by atoms with Crippen LogP contribution in [0.4, 0.5) is 10.5 Å². The zero-order valence-corrected chi connectivity index (χ0v) is 15.7. The van der Waals surface area contributed by atoms with Crippen LogP contribution in [-0.4, -0.2) is 41.0 Å². The van der Waals surface area contributed by atoms with Crippen molar-refractivity contribution in [3.05, 3.63) is 42.0 Å². The topological polar surface area (TPSA) is 78.1 Å². The van der Waals surface area contributed by atoms with E-state index >= 15 is 0 Å². The maximum atomic E-state index is 12.1. The third-order valence-corrected chi connectivity index (χ3v) is 3.59. The molecule has 0 bridgehead atoms. The van der Waals surface area contributed by atoms with Gasteiger partial charge in [-0.15, -0.1) is 0 Å². The number of carbonyl (C=O) groups is 1. The van der Waals surface area contributed by atoms with Crippen LogP contribution >= 0.6 is 0 Å². The number of urea groups is 1. The van der Waals surface area contributed by atoms with Crippen LogP contribution in [0.3, 0.4) is 0 Å². The first-order valence-corrected chi connectivity index (χ1v) is 8.09. The van der Waals surface area contributed by atoms with E-state index in [2.05, 4.69) is 22.5 Å². The highest BCUT2D eigenvalue weighted by atomic mass is 16.5. The van der Waals surface area contributed by atoms with Crippen molar-refractivity contribution in [3.63, 3.8) is 0 Å². The zero-order valence-electron chi connectivity index (χ0n) is 15.7. The van der Waals surface area contributed by atoms with Crippen LogP contribution in [0.25, 0.3) is 0 Å². The van der Waals surface area contributed by atoms with Gasteiger partial charge in [0.1, 0.15) is 5.75 Å². The summed E-state index contributed by atoms with van der Waals surface area (Å²) in [5.74, 6) is 7.88. The summed E-state index contributed by atoms with van der Waals surface area (Å²) >= 11 is 0. The quantitative estimate of drug-likeness (QED) is 0.765. The van der Waals surface area contributed by atoms with Crippen molar-refractivity contribution in [2.24, 2.45) is 0 Å². The molecule has 0 aliphatic carbocycles. The predicted octanol–water partition coefficient (Wildman–Crippen LogP) is 2.89. The molecule has 0 saturated heterocycles. The number of nitrogens with one attached hydrogen (secondary N) is 2. The lowest BCUT2D eigenvalue weighted by Crippen LogP contribution is -2.28. The fourth-order valence-electron chi connectivity index (χ4n) is 2.34. The highest BCUT2D eigenvalue weighted by Crippen LogP contribution is 2.39. The molecule has 0 saturated carbocycles. The van der Waals surface area contributed by atoms with Crippen molar-refractivity contribution in [1.29, 1.82) is 0 Å². The Hall–Kier alpha value is -3.53. The highest BCUT2D eigenvalue weighted by Gasteiger charge is 2.14. The van der Waals surface area contributed by atoms with Gasteiger partial charge in [-0.25, -0.2) is 4.79 Å². The van der Waals surface area contributed by atoms with Gasteiger partial charge in [0.05, 0.1) is 46.2 Å². The largest absolute Gasteiger partial charge is 0.495 e. The number of benzene rings is 2. The minimum Gasteiger partial charge on any atom is -0.495 e. The Morgan fingerprint density at radius 1 is 0.926 bits per heavy atom. The Labute approximate surface area is 158 Å². The molecule has 0 aromatic heterocycles. The minimum absolute atomic E-state index is 0.175. The number of hydrogen-bond donors (Lipinski definition) is 2. The maximum Gasteiger partial charge on any atom is 0.319 e. The summed E-state index contributed by atoms with van der Waals surface area (Å²) in [6, 6.07) is 10.3. The lowest BCUT2D eigenvalue weighted by molar-refractivity contribution is 0.253. The summed E-state index contributed by atoms with van der Waals surface area (Å²) in [7, 11) is 6.12. The van der Waals surface area contributed by atoms with Crippen LogP contribution in [0.5, 0.6) is 23.0 Å². The molecule has 0 aliphatic rings. The number of para-hydroxylation sites is 1. The highest BCUT2D eigenvalue weighted by molar-refractivity contribution is 5.90. The van der Waals surface area contributed by atoms with Gasteiger partial charge >= 0.3 is 6.03 Å². The first-order chi connectivity index (χ1) is 13.1. The van der Waals surface area contributed by atoms with E-state index in [1.54, 1.807) is 19.2 Å². The molecule has 0 fully saturated rings. The molecule has 142 valence electrons. The van der Waals surface area contributed by atoms with Crippen LogP contribution in [0.15, 0.2) is 36.4 Å². The summed E-state index contributed by atoms with van der Waals surface area (Å²) in [6.45, 7) is 0.175. The third kappa shape index (κ3) is 5.22. The summed E-state index contributed by atoms with van der Waals surface area (Å²) in [6.07, 6.45) is 0. The van der Waals surface area contributed by atoms with Crippen molar-refractivity contribution in [3.8, 4) is 34.8 Å². The van der Waals surface area contributed by atoms with Gasteiger partial charge in [0, 0.05) is 12.1 Å². The third-order valence-electron chi connectivity index (χ3n) is 3.59. The molecule has 2 N–H and O–H groups in total. The van der Waals surface area contributed by atoms with Gasteiger partial charge in [-0.05, 0) is 12.1 Å². The summed E-state index contributed by atoms with van der Waals surface area (Å²) in [5.41, 5.74) is 1.26. The zero-order chi connectivity index (χ0) is 19.6. The Morgan fingerprint density at radius 2 is 1.56 bits per heavy atom. The van der Waals surface area contributed by atoms with Crippen molar-refractivity contribution < 1.29 is 23.7 Å². The molecule has 27 heavy (non-hydrogen) atoms. The van der Waals surface area contributed by atoms with Gasteiger partial charge in [0.25, 0.3) is 0 Å². The molecule has 0 atom stereocenters. The van der Waals surface area contributed by atoms with E-state index in [9.17, 15) is 4.79 Å². The predicted molar refractivity (Wildman–Crippen MR) is 103 cm³/mol. The van der Waals surface area contributed by atoms with Crippen LogP contribution < -0.4 is 29.6 Å². The number of carbonyl (C=O) groups excluding carboxylic acids is 1. The summed E-state index contributed by atoms with van der Waals surface area (Å²) < 4.78 is 21.0. The molecule has 0 heterocycles. The molecule has 7 heteroatoms. The first kappa shape index (κ1) is 19.8. The lowest BCUT2D eigenvalue weighted by Gasteiger charge is -2.14. The van der Waals surface area contributed by atoms with Crippen LogP contribution in [0.2, 0.25) is 0 Å². The number of hydrogen-bond acceptors (Lipinski definition) is 5. The summed E-state index contributed by atoms with van der Waals surface area (Å²) in [5, 5.41) is 5.37. The second-order valence-electron chi connectivity index (χ2n) is 5.22. The maximum absolute atomic E-state index is 12.1. The normalized spacial score (nSPS) is 9.48. The van der Waals surface area contributed by atoms with Gasteiger partial charge in [-0.1, -0.05) is 24.0 Å². The van der Waals surface area contributed by atoms with Gasteiger partial charge in [-0.3, -0.25) is 0 Å². The molecule has 2 amide bonds. The second kappa shape index (κ2) is 9.82. The molecule has 0 spiro atoms. The van der Waals surface area contributed by atoms with E-state index < -0.39 is 6.03 Å². The lowest BCUT2D eigenvalue weighted by atomic mass is 10.2. The molecule has 0 radical (unpaired) electrons. The van der Waals surface area contributed by atoms with Gasteiger partial charge in [0.15, 0.2) is 11.5 Å². The Bertz CT molecular complexity index is 830. The van der Waals surface area contributed by atoms with E-state index in [4.69, 9.17) is 18.9 Å². The molecular formula is C20H22N2O5. The molecule has 2 aromatic rings. The molecule has 2 rings (SSSR count). The number of ether oxygens (including phenoxy) is 4. The van der Waals surface area contributed by atoms with Gasteiger partial charge in [-0.2, -0.15) is 0 Å². The molecule has 2 aromatic carbocycles. The Kier molecular flexibility index (Phi) is 7.20. The number of methoxy groups -OCH3 is 4. The van der Waals surface area contributed by atoms with E-state index in [1.807, 2.05) is 24.3 Å². The van der Waals surface area contributed by atoms with Crippen LogP contribution in [0.1, 0.15) is 5.56 Å². The van der Waals surface area contributed by atoms with Gasteiger partial charge < -0.3 is 29.6 Å². The standard InChI is InChI=1S/C20H22N2O5/c1-24-16-10-6-5-8-14(16)9-7-11-21-20(23)22-15-12-17(25-2)19(27-4)18(13-15)26-3/h5-6,8,10,12-13H,11H2,1-4H3,(H2,21,22,23). The Morgan fingerprint density at radius 3 is 2.15 bits per heavy atom. The fourth-order valence-corrected chi connectivity index (χ4v) is 2.34. The van der Waals surface area contributed by atoms with E-state index in [0.29, 0.717) is 28.7 Å². The van der Waals surface area contributed by atoms with E-state index in [0.717, 1.165) is 5.56 Å². The van der Waals surface area contributed by atoms with Crippen LogP contribution in [0, 0.1) is 11.8 Å². The molecule has 0 unspecified atom stereocenters. The van der Waals surface area contributed by atoms with Crippen molar-refractivity contribution in [2.75, 3.05) is 40.3 Å². The average Bonchev–Trinajstić information content (AvgIpc) is 2.70. The average molecular weight is 370 g/mol. The van der Waals surface area contributed by atoms with E-state index in [1.165, 1.54) is 21.3 Å². The SMILES string of the molecule is COc1ccccc1C#CCNC(=O)Nc1cc(OC)c(OC)c(OC)c1. The monoisotopic (exact) mass is 370 g/mol. The van der Waals surface area contributed by atoms with Crippen LogP contribution in [-0.2, 0) is 0 Å². The number of anilines is 1. The van der Waals surface area contributed by atoms with Crippen molar-refractivity contribution >= 4 is 11.7 Å². The summed E-state index contributed by atoms with van der Waals surface area (Å²) in [4.78, 5) is 12.1. The fraction of sp³-hybridized carbons (Fsp3) is 0.250. The van der Waals surface area contributed by atoms with Crippen molar-refractivity contribution in [1.82, 2.24) is 5.32 Å². The van der Waals surface area contributed by atoms with Crippen molar-refractivity contribution in [2.45, 2.75) is 0 Å². The molecule has 7 nitrogen and oxygen atoms in total. The Balaban J connectivity index is 1.99. The van der Waals surface area contributed by atoms with E-state index in [-0.39, 0.29) is 6.54 Å². The smallest absolute Gasteiger partial charge is 0.319 e. The number of amides is 2. The molecule has 0 aliphatic heterocycles.